The Labute approximate surface area is 180 Å². The molecule has 0 spiro atoms. The molecule has 0 aliphatic carbocycles. The van der Waals surface area contributed by atoms with Crippen molar-refractivity contribution in [1.82, 2.24) is 19.1 Å². The van der Waals surface area contributed by atoms with Crippen molar-refractivity contribution in [1.29, 1.82) is 0 Å². The molecule has 0 aliphatic heterocycles. The van der Waals surface area contributed by atoms with E-state index in [9.17, 15) is 0 Å². The minimum absolute atomic E-state index is 0.650. The predicted octanol–water partition coefficient (Wildman–Crippen LogP) is 6.38. The van der Waals surface area contributed by atoms with Gasteiger partial charge >= 0.3 is 0 Å². The molecule has 0 saturated heterocycles. The Morgan fingerprint density at radius 2 is 1.16 bits per heavy atom. The van der Waals surface area contributed by atoms with E-state index in [-0.39, 0.29) is 0 Å². The quantitative estimate of drug-likeness (QED) is 0.343. The lowest BCUT2D eigenvalue weighted by atomic mass is 10.1. The van der Waals surface area contributed by atoms with Gasteiger partial charge in [-0.15, -0.1) is 0 Å². The molecule has 0 bridgehead atoms. The van der Waals surface area contributed by atoms with Gasteiger partial charge in [-0.05, 0) is 39.0 Å². The van der Waals surface area contributed by atoms with E-state index in [0.717, 1.165) is 23.8 Å². The number of benzene rings is 3. The van der Waals surface area contributed by atoms with Gasteiger partial charge in [-0.25, -0.2) is 9.97 Å². The van der Waals surface area contributed by atoms with Gasteiger partial charge in [0.1, 0.15) is 5.82 Å². The first-order chi connectivity index (χ1) is 15.2. The zero-order valence-electron chi connectivity index (χ0n) is 18.1. The molecular weight excluding hydrogens is 380 g/mol. The monoisotopic (exact) mass is 404 g/mol. The molecule has 4 heteroatoms. The van der Waals surface area contributed by atoms with Crippen LogP contribution < -0.4 is 0 Å². The Hall–Kier alpha value is -3.66. The first-order valence-corrected chi connectivity index (χ1v) is 10.9. The lowest BCUT2D eigenvalue weighted by Gasteiger charge is -2.11. The molecule has 6 aromatic rings. The summed E-state index contributed by atoms with van der Waals surface area (Å²) >= 11 is 0. The zero-order valence-corrected chi connectivity index (χ0v) is 18.1. The van der Waals surface area contributed by atoms with Crippen molar-refractivity contribution in [2.75, 3.05) is 0 Å². The van der Waals surface area contributed by atoms with E-state index in [4.69, 9.17) is 9.97 Å². The molecule has 0 unspecified atom stereocenters. The van der Waals surface area contributed by atoms with Crippen molar-refractivity contribution in [3.63, 3.8) is 0 Å². The predicted molar refractivity (Wildman–Crippen MR) is 129 cm³/mol. The van der Waals surface area contributed by atoms with Crippen LogP contribution in [-0.4, -0.2) is 19.1 Å². The lowest BCUT2D eigenvalue weighted by molar-refractivity contribution is 0.775. The summed E-state index contributed by atoms with van der Waals surface area (Å²) in [5, 5.41) is 5.16. The molecule has 0 N–H and O–H groups in total. The molecule has 0 amide bonds. The van der Waals surface area contributed by atoms with E-state index < -0.39 is 0 Å². The third kappa shape index (κ3) is 2.61. The maximum absolute atomic E-state index is 4.75. The van der Waals surface area contributed by atoms with Crippen LogP contribution in [0.1, 0.15) is 24.1 Å². The molecule has 6 rings (SSSR count). The highest BCUT2D eigenvalue weighted by Crippen LogP contribution is 2.38. The summed E-state index contributed by atoms with van der Waals surface area (Å²) in [4.78, 5) is 9.50. The fraction of sp³-hybridized carbons (Fsp3) is 0.185. The van der Waals surface area contributed by atoms with E-state index in [1.54, 1.807) is 0 Å². The number of fused-ring (bicyclic) bond motifs is 7. The van der Waals surface area contributed by atoms with Gasteiger partial charge in [0.25, 0.3) is 0 Å². The summed E-state index contributed by atoms with van der Waals surface area (Å²) < 4.78 is 4.86. The first-order valence-electron chi connectivity index (χ1n) is 10.9. The van der Waals surface area contributed by atoms with Crippen molar-refractivity contribution in [2.45, 2.75) is 33.9 Å². The normalized spacial score (nSPS) is 12.0. The second-order valence-corrected chi connectivity index (χ2v) is 8.29. The third-order valence-electron chi connectivity index (χ3n) is 6.31. The van der Waals surface area contributed by atoms with Crippen LogP contribution in [0.4, 0.5) is 0 Å². The van der Waals surface area contributed by atoms with Crippen LogP contribution in [0.5, 0.6) is 0 Å². The summed E-state index contributed by atoms with van der Waals surface area (Å²) in [5.41, 5.74) is 7.08. The van der Waals surface area contributed by atoms with E-state index >= 15 is 0 Å². The zero-order chi connectivity index (χ0) is 21.1. The van der Waals surface area contributed by atoms with Gasteiger partial charge in [-0.3, -0.25) is 0 Å². The van der Waals surface area contributed by atoms with Gasteiger partial charge < -0.3 is 9.13 Å². The van der Waals surface area contributed by atoms with Crippen LogP contribution >= 0.6 is 0 Å². The first kappa shape index (κ1) is 18.1. The van der Waals surface area contributed by atoms with Crippen LogP contribution in [0.15, 0.2) is 66.7 Å². The average molecular weight is 405 g/mol. The molecule has 4 nitrogen and oxygen atoms in total. The van der Waals surface area contributed by atoms with E-state index in [2.05, 4.69) is 76.7 Å². The second kappa shape index (κ2) is 6.67. The van der Waals surface area contributed by atoms with Crippen LogP contribution in [-0.2, 0) is 13.1 Å². The molecule has 0 fully saturated rings. The fourth-order valence-electron chi connectivity index (χ4n) is 5.18. The van der Waals surface area contributed by atoms with Crippen LogP contribution in [0.25, 0.3) is 43.6 Å². The van der Waals surface area contributed by atoms with Gasteiger partial charge in [-0.1, -0.05) is 48.5 Å². The maximum atomic E-state index is 4.75. The fourth-order valence-corrected chi connectivity index (χ4v) is 5.18. The molecule has 0 radical (unpaired) electrons. The molecule has 0 saturated carbocycles. The Morgan fingerprint density at radius 1 is 0.645 bits per heavy atom. The van der Waals surface area contributed by atoms with Crippen molar-refractivity contribution >= 4 is 43.6 Å². The van der Waals surface area contributed by atoms with Gasteiger partial charge in [0.05, 0.1) is 17.6 Å². The Bertz CT molecular complexity index is 1600. The number of aryl methyl sites for hydroxylation is 3. The van der Waals surface area contributed by atoms with Crippen molar-refractivity contribution in [2.24, 2.45) is 0 Å². The van der Waals surface area contributed by atoms with Crippen molar-refractivity contribution < 1.29 is 0 Å². The molecule has 0 atom stereocenters. The number of aromatic nitrogens is 4. The smallest absolute Gasteiger partial charge is 0.148 e. The van der Waals surface area contributed by atoms with E-state index in [1.807, 2.05) is 19.9 Å². The van der Waals surface area contributed by atoms with Gasteiger partial charge in [-0.2, -0.15) is 0 Å². The molecule has 3 aromatic carbocycles. The van der Waals surface area contributed by atoms with E-state index in [1.165, 1.54) is 43.6 Å². The van der Waals surface area contributed by atoms with Crippen LogP contribution in [0.2, 0.25) is 0 Å². The third-order valence-corrected chi connectivity index (χ3v) is 6.31. The number of nitrogens with zero attached hydrogens (tertiary/aromatic N) is 4. The highest BCUT2D eigenvalue weighted by molar-refractivity contribution is 6.22. The van der Waals surface area contributed by atoms with E-state index in [0.29, 0.717) is 6.54 Å². The summed E-state index contributed by atoms with van der Waals surface area (Å²) in [6, 6.07) is 24.0. The largest absolute Gasteiger partial charge is 0.339 e. The highest BCUT2D eigenvalue weighted by atomic mass is 15.1. The summed E-state index contributed by atoms with van der Waals surface area (Å²) in [7, 11) is 0. The Kier molecular flexibility index (Phi) is 3.90. The minimum Gasteiger partial charge on any atom is -0.339 e. The average Bonchev–Trinajstić information content (AvgIpc) is 3.26. The van der Waals surface area contributed by atoms with Crippen molar-refractivity contribution in [3.05, 3.63) is 83.9 Å². The number of hydrogen-bond donors (Lipinski definition) is 0. The second-order valence-electron chi connectivity index (χ2n) is 8.29. The Morgan fingerprint density at radius 3 is 1.74 bits per heavy atom. The number of hydrogen-bond acceptors (Lipinski definition) is 2. The topological polar surface area (TPSA) is 35.6 Å². The standard InChI is InChI=1S/C27H24N4/c1-4-30-23-11-7-5-9-19(23)21-13-14-22-20-10-6-8-12-24(20)31(27(22)26(21)30)16-25-28-17(2)15-18(3)29-25/h5-15H,4,16H2,1-3H3. The summed E-state index contributed by atoms with van der Waals surface area (Å²) in [6.07, 6.45) is 0. The molecule has 3 heterocycles. The lowest BCUT2D eigenvalue weighted by Crippen LogP contribution is -2.07. The maximum Gasteiger partial charge on any atom is 0.148 e. The Balaban J connectivity index is 1.79. The number of para-hydroxylation sites is 2. The van der Waals surface area contributed by atoms with Crippen LogP contribution in [0, 0.1) is 13.8 Å². The molecule has 0 aliphatic rings. The van der Waals surface area contributed by atoms with Gasteiger partial charge in [0.15, 0.2) is 0 Å². The molecule has 31 heavy (non-hydrogen) atoms. The van der Waals surface area contributed by atoms with Crippen molar-refractivity contribution in [3.8, 4) is 0 Å². The molecule has 3 aromatic heterocycles. The summed E-state index contributed by atoms with van der Waals surface area (Å²) in [6.45, 7) is 7.88. The highest BCUT2D eigenvalue weighted by Gasteiger charge is 2.19. The summed E-state index contributed by atoms with van der Waals surface area (Å²) in [5.74, 6) is 0.858. The SMILES string of the molecule is CCn1c2ccccc2c2ccc3c4ccccc4n(Cc4nc(C)cc(C)n4)c3c21. The molecule has 152 valence electrons. The minimum atomic E-state index is 0.650. The molecular formula is C27H24N4. The van der Waals surface area contributed by atoms with Gasteiger partial charge in [0.2, 0.25) is 0 Å². The number of rotatable bonds is 3. The van der Waals surface area contributed by atoms with Crippen LogP contribution in [0.3, 0.4) is 0 Å². The van der Waals surface area contributed by atoms with Gasteiger partial charge in [0, 0.05) is 50.5 Å².